The molecule has 0 fully saturated rings. The van der Waals surface area contributed by atoms with Crippen LogP contribution in [0.4, 0.5) is 0 Å². The van der Waals surface area contributed by atoms with Crippen LogP contribution in [0.15, 0.2) is 57.8 Å². The largest absolute Gasteiger partial charge is 0.459 e. The van der Waals surface area contributed by atoms with Crippen LogP contribution in [0.2, 0.25) is 0 Å². The minimum atomic E-state index is -3.87. The predicted octanol–water partition coefficient (Wildman–Crippen LogP) is 2.88. The van der Waals surface area contributed by atoms with Gasteiger partial charge in [0, 0.05) is 10.9 Å². The summed E-state index contributed by atoms with van der Waals surface area (Å²) in [6, 6.07) is 13.3. The fourth-order valence-electron chi connectivity index (χ4n) is 2.58. The molecule has 0 aliphatic rings. The van der Waals surface area contributed by atoms with E-state index in [4.69, 9.17) is 9.56 Å². The van der Waals surface area contributed by atoms with E-state index in [0.29, 0.717) is 11.3 Å². The van der Waals surface area contributed by atoms with Gasteiger partial charge in [-0.05, 0) is 43.7 Å². The number of amides is 1. The third-order valence-corrected chi connectivity index (χ3v) is 4.91. The van der Waals surface area contributed by atoms with Crippen molar-refractivity contribution in [1.29, 1.82) is 0 Å². The number of para-hydroxylation sites is 1. The molecule has 2 aromatic carbocycles. The Kier molecular flexibility index (Phi) is 4.36. The lowest BCUT2D eigenvalue weighted by Crippen LogP contribution is -2.27. The van der Waals surface area contributed by atoms with Crippen LogP contribution in [0, 0.1) is 6.92 Å². The highest BCUT2D eigenvalue weighted by Crippen LogP contribution is 2.24. The van der Waals surface area contributed by atoms with Crippen LogP contribution < -0.4 is 10.5 Å². The number of sulfonamides is 1. The Bertz CT molecular complexity index is 1020. The summed E-state index contributed by atoms with van der Waals surface area (Å²) in [4.78, 5) is 12.5. The molecule has 0 bridgehead atoms. The summed E-state index contributed by atoms with van der Waals surface area (Å²) in [5.41, 5.74) is 1.65. The SMILES string of the molecule is Cc1ccc(S(N)(=O)=O)cc1C(=O)N[C@@H](C)c1cc2ccccc2o1. The van der Waals surface area contributed by atoms with Crippen molar-refractivity contribution in [2.24, 2.45) is 5.14 Å². The minimum absolute atomic E-state index is 0.0976. The van der Waals surface area contributed by atoms with Gasteiger partial charge in [0.05, 0.1) is 10.9 Å². The van der Waals surface area contributed by atoms with E-state index in [9.17, 15) is 13.2 Å². The van der Waals surface area contributed by atoms with Crippen molar-refractivity contribution in [3.63, 3.8) is 0 Å². The lowest BCUT2D eigenvalue weighted by atomic mass is 10.1. The number of furan rings is 1. The van der Waals surface area contributed by atoms with Gasteiger partial charge in [-0.1, -0.05) is 24.3 Å². The normalized spacial score (nSPS) is 12.9. The maximum atomic E-state index is 12.6. The van der Waals surface area contributed by atoms with Crippen molar-refractivity contribution in [2.45, 2.75) is 24.8 Å². The first-order chi connectivity index (χ1) is 11.8. The van der Waals surface area contributed by atoms with Crippen molar-refractivity contribution < 1.29 is 17.6 Å². The summed E-state index contributed by atoms with van der Waals surface area (Å²) in [7, 11) is -3.87. The number of fused-ring (bicyclic) bond motifs is 1. The number of aryl methyl sites for hydroxylation is 1. The molecule has 3 N–H and O–H groups in total. The van der Waals surface area contributed by atoms with Crippen LogP contribution in [0.1, 0.15) is 34.6 Å². The first kappa shape index (κ1) is 17.2. The number of hydrogen-bond acceptors (Lipinski definition) is 4. The summed E-state index contributed by atoms with van der Waals surface area (Å²) >= 11 is 0. The van der Waals surface area contributed by atoms with Crippen molar-refractivity contribution in [2.75, 3.05) is 0 Å². The average Bonchev–Trinajstić information content (AvgIpc) is 2.98. The maximum absolute atomic E-state index is 12.6. The molecule has 0 saturated carbocycles. The lowest BCUT2D eigenvalue weighted by molar-refractivity contribution is 0.0935. The molecule has 1 aromatic heterocycles. The second kappa shape index (κ2) is 6.34. The highest BCUT2D eigenvalue weighted by molar-refractivity contribution is 7.89. The van der Waals surface area contributed by atoms with Gasteiger partial charge >= 0.3 is 0 Å². The number of primary sulfonamides is 1. The van der Waals surface area contributed by atoms with E-state index in [2.05, 4.69) is 5.32 Å². The zero-order chi connectivity index (χ0) is 18.2. The second-order valence-electron chi connectivity index (χ2n) is 5.90. The number of carbonyl (C=O) groups excluding carboxylic acids is 1. The molecule has 0 aliphatic heterocycles. The number of nitrogens with one attached hydrogen (secondary N) is 1. The van der Waals surface area contributed by atoms with Gasteiger partial charge < -0.3 is 9.73 Å². The smallest absolute Gasteiger partial charge is 0.252 e. The Balaban J connectivity index is 1.86. The summed E-state index contributed by atoms with van der Waals surface area (Å²) in [6.45, 7) is 3.53. The van der Waals surface area contributed by atoms with Crippen LogP contribution in [-0.2, 0) is 10.0 Å². The number of benzene rings is 2. The van der Waals surface area contributed by atoms with E-state index in [1.165, 1.54) is 12.1 Å². The molecule has 0 radical (unpaired) electrons. The van der Waals surface area contributed by atoms with E-state index in [0.717, 1.165) is 11.0 Å². The highest BCUT2D eigenvalue weighted by atomic mass is 32.2. The van der Waals surface area contributed by atoms with Gasteiger partial charge in [-0.2, -0.15) is 0 Å². The molecule has 6 nitrogen and oxygen atoms in total. The topological polar surface area (TPSA) is 102 Å². The lowest BCUT2D eigenvalue weighted by Gasteiger charge is -2.13. The van der Waals surface area contributed by atoms with Gasteiger partial charge in [-0.15, -0.1) is 0 Å². The van der Waals surface area contributed by atoms with Gasteiger partial charge in [0.1, 0.15) is 11.3 Å². The van der Waals surface area contributed by atoms with Gasteiger partial charge in [0.25, 0.3) is 5.91 Å². The van der Waals surface area contributed by atoms with Crippen LogP contribution in [0.5, 0.6) is 0 Å². The fraction of sp³-hybridized carbons (Fsp3) is 0.167. The Hall–Kier alpha value is -2.64. The van der Waals surface area contributed by atoms with E-state index in [1.54, 1.807) is 19.9 Å². The quantitative estimate of drug-likeness (QED) is 0.748. The molecular formula is C18H18N2O4S. The Morgan fingerprint density at radius 1 is 1.16 bits per heavy atom. The molecule has 0 unspecified atom stereocenters. The number of nitrogens with two attached hydrogens (primary N) is 1. The molecule has 1 amide bonds. The molecule has 25 heavy (non-hydrogen) atoms. The van der Waals surface area contributed by atoms with E-state index in [1.807, 2.05) is 30.3 Å². The van der Waals surface area contributed by atoms with Gasteiger partial charge in [-0.3, -0.25) is 4.79 Å². The van der Waals surface area contributed by atoms with Crippen LogP contribution in [-0.4, -0.2) is 14.3 Å². The predicted molar refractivity (Wildman–Crippen MR) is 94.6 cm³/mol. The summed E-state index contributed by atoms with van der Waals surface area (Å²) < 4.78 is 28.7. The number of carbonyl (C=O) groups is 1. The summed E-state index contributed by atoms with van der Waals surface area (Å²) in [5, 5.41) is 8.91. The molecule has 3 rings (SSSR count). The van der Waals surface area contributed by atoms with Crippen LogP contribution in [0.3, 0.4) is 0 Å². The average molecular weight is 358 g/mol. The third-order valence-electron chi connectivity index (χ3n) is 4.00. The first-order valence-electron chi connectivity index (χ1n) is 7.68. The number of rotatable bonds is 4. The molecule has 130 valence electrons. The van der Waals surface area contributed by atoms with E-state index >= 15 is 0 Å². The zero-order valence-electron chi connectivity index (χ0n) is 13.8. The number of hydrogen-bond donors (Lipinski definition) is 2. The standard InChI is InChI=1S/C18H18N2O4S/c1-11-7-8-14(25(19,22)23)10-15(11)18(21)20-12(2)17-9-13-5-3-4-6-16(13)24-17/h3-10,12H,1-2H3,(H,20,21)(H2,19,22,23)/t12-/m0/s1. The molecule has 3 aromatic rings. The molecular weight excluding hydrogens is 340 g/mol. The summed E-state index contributed by atoms with van der Waals surface area (Å²) in [5.74, 6) is 0.228. The first-order valence-corrected chi connectivity index (χ1v) is 9.23. The van der Waals surface area contributed by atoms with Gasteiger partial charge in [-0.25, -0.2) is 13.6 Å². The Morgan fingerprint density at radius 2 is 1.88 bits per heavy atom. The van der Waals surface area contributed by atoms with Crippen LogP contribution in [0.25, 0.3) is 11.0 Å². The van der Waals surface area contributed by atoms with Crippen LogP contribution >= 0.6 is 0 Å². The Labute approximate surface area is 145 Å². The van der Waals surface area contributed by atoms with Gasteiger partial charge in [0.15, 0.2) is 0 Å². The maximum Gasteiger partial charge on any atom is 0.252 e. The Morgan fingerprint density at radius 3 is 2.56 bits per heavy atom. The monoisotopic (exact) mass is 358 g/mol. The second-order valence-corrected chi connectivity index (χ2v) is 7.46. The summed E-state index contributed by atoms with van der Waals surface area (Å²) in [6.07, 6.45) is 0. The molecule has 7 heteroatoms. The molecule has 0 aliphatic carbocycles. The zero-order valence-corrected chi connectivity index (χ0v) is 14.6. The van der Waals surface area contributed by atoms with Crippen molar-refractivity contribution in [1.82, 2.24) is 5.32 Å². The highest BCUT2D eigenvalue weighted by Gasteiger charge is 2.18. The van der Waals surface area contributed by atoms with Crippen molar-refractivity contribution >= 4 is 26.9 Å². The molecule has 1 atom stereocenters. The minimum Gasteiger partial charge on any atom is -0.459 e. The third kappa shape index (κ3) is 3.57. The van der Waals surface area contributed by atoms with E-state index in [-0.39, 0.29) is 16.5 Å². The fourth-order valence-corrected chi connectivity index (χ4v) is 3.12. The molecule has 0 saturated heterocycles. The van der Waals surface area contributed by atoms with Gasteiger partial charge in [0.2, 0.25) is 10.0 Å². The van der Waals surface area contributed by atoms with Crippen molar-refractivity contribution in [3.8, 4) is 0 Å². The van der Waals surface area contributed by atoms with Crippen molar-refractivity contribution in [3.05, 3.63) is 65.4 Å². The molecule has 1 heterocycles. The molecule has 0 spiro atoms. The van der Waals surface area contributed by atoms with E-state index < -0.39 is 15.9 Å².